The van der Waals surface area contributed by atoms with Crippen molar-refractivity contribution < 1.29 is 28.9 Å². The summed E-state index contributed by atoms with van der Waals surface area (Å²) in [6, 6.07) is 0. The molecule has 0 atom stereocenters. The number of rotatable bonds is 2. The van der Waals surface area contributed by atoms with Gasteiger partial charge in [-0.2, -0.15) is 0 Å². The molecule has 20 heavy (non-hydrogen) atoms. The van der Waals surface area contributed by atoms with E-state index in [1.807, 2.05) is 23.5 Å². The highest BCUT2D eigenvalue weighted by Crippen LogP contribution is 2.39. The lowest BCUT2D eigenvalue weighted by Crippen LogP contribution is -2.68. The lowest BCUT2D eigenvalue weighted by atomic mass is 10.3. The van der Waals surface area contributed by atoms with Crippen molar-refractivity contribution in [3.63, 3.8) is 0 Å². The van der Waals surface area contributed by atoms with Crippen LogP contribution < -0.4 is 28.6 Å². The van der Waals surface area contributed by atoms with E-state index < -0.39 is 10.2 Å². The van der Waals surface area contributed by atoms with Crippen molar-refractivity contribution in [2.24, 2.45) is 0 Å². The average molecular weight is 342 g/mol. The molecule has 1 heterocycles. The molecule has 116 valence electrons. The van der Waals surface area contributed by atoms with Gasteiger partial charge in [0.25, 0.3) is 0 Å². The van der Waals surface area contributed by atoms with E-state index in [9.17, 15) is 0 Å². The lowest BCUT2D eigenvalue weighted by molar-refractivity contribution is -2.00. The van der Waals surface area contributed by atoms with Gasteiger partial charge in [0.1, 0.15) is 18.0 Å². The molecule has 0 aromatic heterocycles. The maximum Gasteiger partial charge on any atom is 0.230 e. The Balaban J connectivity index is 0.000000347. The zero-order chi connectivity index (χ0) is 15.6. The Labute approximate surface area is 130 Å². The Morgan fingerprint density at radius 3 is 1.80 bits per heavy atom. The summed E-state index contributed by atoms with van der Waals surface area (Å²) in [5.41, 5.74) is 0. The van der Waals surface area contributed by atoms with Crippen molar-refractivity contribution in [2.75, 3.05) is 19.3 Å². The molecule has 0 unspecified atom stereocenters. The van der Waals surface area contributed by atoms with Gasteiger partial charge in [-0.15, -0.1) is 33.8 Å². The zero-order valence-corrected chi connectivity index (χ0v) is 14.5. The van der Waals surface area contributed by atoms with E-state index in [2.05, 4.69) is 31.6 Å². The third-order valence-corrected chi connectivity index (χ3v) is 4.76. The average Bonchev–Trinajstić information content (AvgIpc) is 2.70. The van der Waals surface area contributed by atoms with Gasteiger partial charge in [-0.1, -0.05) is 20.8 Å². The summed E-state index contributed by atoms with van der Waals surface area (Å²) in [5.74, 6) is 0. The summed E-state index contributed by atoms with van der Waals surface area (Å²) in [4.78, 5) is 3.12. The van der Waals surface area contributed by atoms with Crippen LogP contribution in [-0.2, 0) is 0 Å². The van der Waals surface area contributed by atoms with Crippen molar-refractivity contribution in [3.05, 3.63) is 5.36 Å². The summed E-state index contributed by atoms with van der Waals surface area (Å²) < 4.78 is 36.9. The second kappa shape index (κ2) is 7.00. The quantitative estimate of drug-likeness (QED) is 0.455. The SMILES string of the molecule is CSc1c(SC(C)(C)C)c1=[N+]1CCCC1.[O-][Cl+3]([O-])([O-])[O-]. The molecule has 0 bridgehead atoms. The zero-order valence-electron chi connectivity index (χ0n) is 12.1. The van der Waals surface area contributed by atoms with E-state index in [1.165, 1.54) is 25.9 Å². The van der Waals surface area contributed by atoms with E-state index in [1.54, 1.807) is 15.1 Å². The van der Waals surface area contributed by atoms with Crippen LogP contribution >= 0.6 is 23.5 Å². The normalized spacial score (nSPS) is 16.5. The Morgan fingerprint density at radius 1 is 1.00 bits per heavy atom. The highest BCUT2D eigenvalue weighted by atomic mass is 35.7. The minimum Gasteiger partial charge on any atom is -0.228 e. The topological polar surface area (TPSA) is 95.2 Å². The van der Waals surface area contributed by atoms with Gasteiger partial charge in [0.05, 0.1) is 4.90 Å². The van der Waals surface area contributed by atoms with Crippen LogP contribution in [0.2, 0.25) is 0 Å². The van der Waals surface area contributed by atoms with Gasteiger partial charge in [0.2, 0.25) is 5.36 Å². The molecule has 1 saturated heterocycles. The fourth-order valence-electron chi connectivity index (χ4n) is 1.96. The maximum atomic E-state index is 8.49. The summed E-state index contributed by atoms with van der Waals surface area (Å²) in [5, 5.41) is 1.57. The first-order chi connectivity index (χ1) is 9.03. The van der Waals surface area contributed by atoms with Crippen LogP contribution in [-0.4, -0.2) is 24.1 Å². The molecule has 1 aromatic rings. The highest BCUT2D eigenvalue weighted by Gasteiger charge is 2.33. The lowest BCUT2D eigenvalue weighted by Gasteiger charge is -2.17. The molecular weight excluding hydrogens is 322 g/mol. The van der Waals surface area contributed by atoms with Crippen LogP contribution in [0, 0.1) is 10.2 Å². The molecule has 0 N–H and O–H groups in total. The maximum absolute atomic E-state index is 8.49. The van der Waals surface area contributed by atoms with Crippen molar-refractivity contribution in [3.8, 4) is 0 Å². The van der Waals surface area contributed by atoms with E-state index in [-0.39, 0.29) is 0 Å². The summed E-state index contributed by atoms with van der Waals surface area (Å²) >= 11 is 3.94. The molecule has 1 aromatic carbocycles. The van der Waals surface area contributed by atoms with Gasteiger partial charge >= 0.3 is 0 Å². The fourth-order valence-corrected chi connectivity index (χ4v) is 4.14. The van der Waals surface area contributed by atoms with Gasteiger partial charge < -0.3 is 0 Å². The van der Waals surface area contributed by atoms with Crippen molar-refractivity contribution in [1.82, 2.24) is 4.58 Å². The number of hydrogen-bond donors (Lipinski definition) is 0. The Bertz CT molecular complexity index is 456. The molecule has 1 aliphatic heterocycles. The van der Waals surface area contributed by atoms with Crippen LogP contribution in [0.15, 0.2) is 9.79 Å². The number of thioether (sulfide) groups is 2. The first-order valence-corrected chi connectivity index (χ1v) is 9.52. The molecule has 1 fully saturated rings. The van der Waals surface area contributed by atoms with Crippen LogP contribution in [0.5, 0.6) is 0 Å². The van der Waals surface area contributed by atoms with Crippen LogP contribution in [0.3, 0.4) is 0 Å². The second-order valence-corrected chi connectivity index (χ2v) is 8.91. The van der Waals surface area contributed by atoms with Gasteiger partial charge in [-0.05, 0) is 6.26 Å². The van der Waals surface area contributed by atoms with Crippen LogP contribution in [0.4, 0.5) is 0 Å². The third-order valence-electron chi connectivity index (χ3n) is 2.61. The van der Waals surface area contributed by atoms with Crippen molar-refractivity contribution in [2.45, 2.75) is 48.2 Å². The fraction of sp³-hybridized carbons (Fsp3) is 0.750. The summed E-state index contributed by atoms with van der Waals surface area (Å²) in [7, 11) is -4.94. The van der Waals surface area contributed by atoms with E-state index in [4.69, 9.17) is 18.6 Å². The van der Waals surface area contributed by atoms with Crippen LogP contribution in [0.1, 0.15) is 33.6 Å². The van der Waals surface area contributed by atoms with Gasteiger partial charge in [-0.25, -0.2) is 23.2 Å². The smallest absolute Gasteiger partial charge is 0.228 e. The molecule has 0 radical (unpaired) electrons. The van der Waals surface area contributed by atoms with Gasteiger partial charge in [0.15, 0.2) is 0 Å². The molecule has 0 spiro atoms. The van der Waals surface area contributed by atoms with E-state index in [0.29, 0.717) is 4.75 Å². The largest absolute Gasteiger partial charge is 0.230 e. The first kappa shape index (κ1) is 18.3. The summed E-state index contributed by atoms with van der Waals surface area (Å²) in [6.45, 7) is 9.43. The number of hydrogen-bond acceptors (Lipinski definition) is 6. The van der Waals surface area contributed by atoms with E-state index in [0.717, 1.165) is 0 Å². The van der Waals surface area contributed by atoms with Crippen LogP contribution in [0.25, 0.3) is 0 Å². The monoisotopic (exact) mass is 341 g/mol. The molecule has 1 aliphatic rings. The second-order valence-electron chi connectivity index (χ2n) is 5.50. The van der Waals surface area contributed by atoms with Gasteiger partial charge in [-0.3, -0.25) is 0 Å². The Hall–Kier alpha value is 0.240. The molecule has 5 nitrogen and oxygen atoms in total. The molecule has 2 rings (SSSR count). The molecule has 0 amide bonds. The Kier molecular flexibility index (Phi) is 6.40. The summed E-state index contributed by atoms with van der Waals surface area (Å²) in [6.07, 6.45) is 4.94. The van der Waals surface area contributed by atoms with Gasteiger partial charge in [0, 0.05) is 17.6 Å². The van der Waals surface area contributed by atoms with E-state index >= 15 is 0 Å². The molecule has 8 heteroatoms. The minimum absolute atomic E-state index is 0.345. The number of nitrogens with zero attached hydrogens (tertiary/aromatic N) is 1. The first-order valence-electron chi connectivity index (χ1n) is 6.24. The Morgan fingerprint density at radius 2 is 1.45 bits per heavy atom. The highest BCUT2D eigenvalue weighted by molar-refractivity contribution is 8.03. The number of halogens is 1. The predicted molar refractivity (Wildman–Crippen MR) is 70.4 cm³/mol. The van der Waals surface area contributed by atoms with Crippen molar-refractivity contribution >= 4 is 23.5 Å². The standard InChI is InChI=1S/C12H20NS2.ClHO4/c1-12(2,3)15-11-9(10(11)14-4)13-7-5-6-8-13;2-1(3,4)5/h5-8H2,1-4H3;(H,2,3,4,5)/q+1;/p-1. The molecular formula is C12H20ClNO4S2. The third kappa shape index (κ3) is 6.80. The predicted octanol–water partition coefficient (Wildman–Crippen LogP) is -2.02. The van der Waals surface area contributed by atoms with Crippen molar-refractivity contribution in [1.29, 1.82) is 0 Å². The molecule has 0 saturated carbocycles. The molecule has 0 aliphatic carbocycles. The minimum atomic E-state index is -4.94.